The molecule has 0 fully saturated rings. The van der Waals surface area contributed by atoms with Crippen LogP contribution in [0.25, 0.3) is 16.6 Å². The number of H-pyrrole nitrogens is 2. The third kappa shape index (κ3) is 5.60. The standard InChI is InChI=1S/C29H25ClF2N4O/c1-4-18-12-23(31)21(24(32)13-18)9-7-5-6-8-17(2)19-14-22(30)28(33)27(15-19)36(3)20-10-11-25-26(16-20)35-29(37)34-25/h1,5-6,8,10-16H,7,9,33H2,2-3H3,(H2,34,35,37)/b6-5-,17-8+. The third-order valence-corrected chi connectivity index (χ3v) is 6.47. The monoisotopic (exact) mass is 518 g/mol. The Kier molecular flexibility index (Phi) is 7.51. The van der Waals surface area contributed by atoms with Gasteiger partial charge in [-0.1, -0.05) is 35.7 Å². The van der Waals surface area contributed by atoms with E-state index in [4.69, 9.17) is 23.8 Å². The van der Waals surface area contributed by atoms with Crippen molar-refractivity contribution in [1.29, 1.82) is 0 Å². The first-order valence-corrected chi connectivity index (χ1v) is 11.9. The summed E-state index contributed by atoms with van der Waals surface area (Å²) < 4.78 is 28.2. The molecule has 4 aromatic rings. The van der Waals surface area contributed by atoms with Crippen molar-refractivity contribution in [3.05, 3.63) is 105 Å². The molecule has 188 valence electrons. The van der Waals surface area contributed by atoms with Crippen molar-refractivity contribution < 1.29 is 8.78 Å². The molecule has 1 aromatic heterocycles. The van der Waals surface area contributed by atoms with E-state index in [9.17, 15) is 13.6 Å². The summed E-state index contributed by atoms with van der Waals surface area (Å²) in [6.45, 7) is 1.93. The highest BCUT2D eigenvalue weighted by atomic mass is 35.5. The summed E-state index contributed by atoms with van der Waals surface area (Å²) in [6.07, 6.45) is 11.5. The zero-order chi connectivity index (χ0) is 26.7. The van der Waals surface area contributed by atoms with Crippen LogP contribution < -0.4 is 16.3 Å². The summed E-state index contributed by atoms with van der Waals surface area (Å²) in [6, 6.07) is 11.6. The minimum atomic E-state index is -0.636. The Hall–Kier alpha value is -4.28. The predicted octanol–water partition coefficient (Wildman–Crippen LogP) is 6.71. The van der Waals surface area contributed by atoms with Crippen LogP contribution in [0, 0.1) is 24.0 Å². The van der Waals surface area contributed by atoms with E-state index in [-0.39, 0.29) is 23.2 Å². The topological polar surface area (TPSA) is 77.9 Å². The summed E-state index contributed by atoms with van der Waals surface area (Å²) in [5, 5.41) is 0.411. The molecule has 0 aliphatic heterocycles. The molecule has 0 atom stereocenters. The van der Waals surface area contributed by atoms with Crippen molar-refractivity contribution in [2.45, 2.75) is 19.8 Å². The molecule has 0 radical (unpaired) electrons. The number of aromatic nitrogens is 2. The smallest absolute Gasteiger partial charge is 0.323 e. The number of nitrogen functional groups attached to an aromatic ring is 1. The zero-order valence-electron chi connectivity index (χ0n) is 20.3. The van der Waals surface area contributed by atoms with Crippen LogP contribution in [0.1, 0.15) is 30.0 Å². The average Bonchev–Trinajstić information content (AvgIpc) is 3.25. The van der Waals surface area contributed by atoms with Gasteiger partial charge in [-0.15, -0.1) is 6.42 Å². The molecule has 4 rings (SSSR count). The maximum atomic E-state index is 14.1. The Labute approximate surface area is 218 Å². The molecule has 8 heteroatoms. The molecule has 0 aliphatic carbocycles. The number of benzene rings is 3. The van der Waals surface area contributed by atoms with Crippen LogP contribution in [-0.2, 0) is 6.42 Å². The molecule has 5 nitrogen and oxygen atoms in total. The Bertz CT molecular complexity index is 1620. The first-order chi connectivity index (χ1) is 17.7. The van der Waals surface area contributed by atoms with Crippen molar-refractivity contribution in [3.63, 3.8) is 0 Å². The summed E-state index contributed by atoms with van der Waals surface area (Å²) in [7, 11) is 1.87. The minimum absolute atomic E-state index is 0.0178. The maximum Gasteiger partial charge on any atom is 0.323 e. The van der Waals surface area contributed by atoms with Crippen LogP contribution in [0.3, 0.4) is 0 Å². The van der Waals surface area contributed by atoms with Gasteiger partial charge < -0.3 is 20.6 Å². The van der Waals surface area contributed by atoms with E-state index in [1.54, 1.807) is 6.07 Å². The van der Waals surface area contributed by atoms with Crippen LogP contribution in [0.15, 0.2) is 65.5 Å². The van der Waals surface area contributed by atoms with Crippen molar-refractivity contribution in [3.8, 4) is 12.3 Å². The van der Waals surface area contributed by atoms with E-state index in [0.717, 1.165) is 16.8 Å². The zero-order valence-corrected chi connectivity index (χ0v) is 21.1. The molecule has 0 saturated heterocycles. The largest absolute Gasteiger partial charge is 0.396 e. The van der Waals surface area contributed by atoms with Gasteiger partial charge >= 0.3 is 5.69 Å². The number of terminal acetylenes is 1. The second-order valence-electron chi connectivity index (χ2n) is 8.64. The lowest BCUT2D eigenvalue weighted by Gasteiger charge is -2.23. The molecule has 4 N–H and O–H groups in total. The maximum absolute atomic E-state index is 14.1. The number of nitrogens with one attached hydrogen (secondary N) is 2. The lowest BCUT2D eigenvalue weighted by Crippen LogP contribution is -2.12. The highest BCUT2D eigenvalue weighted by molar-refractivity contribution is 6.34. The molecule has 0 bridgehead atoms. The van der Waals surface area contributed by atoms with Crippen molar-refractivity contribution >= 4 is 45.3 Å². The fourth-order valence-corrected chi connectivity index (χ4v) is 4.25. The Morgan fingerprint density at radius 2 is 1.84 bits per heavy atom. The molecule has 3 aromatic carbocycles. The molecular weight excluding hydrogens is 494 g/mol. The lowest BCUT2D eigenvalue weighted by molar-refractivity contribution is 0.555. The van der Waals surface area contributed by atoms with Gasteiger partial charge in [-0.3, -0.25) is 0 Å². The van der Waals surface area contributed by atoms with Gasteiger partial charge in [0.1, 0.15) is 11.6 Å². The van der Waals surface area contributed by atoms with Gasteiger partial charge in [-0.05, 0) is 73.4 Å². The quantitative estimate of drug-likeness (QED) is 0.144. The van der Waals surface area contributed by atoms with Crippen LogP contribution in [0.4, 0.5) is 25.8 Å². The van der Waals surface area contributed by atoms with Gasteiger partial charge in [0.15, 0.2) is 0 Å². The first-order valence-electron chi connectivity index (χ1n) is 11.5. The SMILES string of the molecule is C#Cc1cc(F)c(CC/C=C\C=C(/C)c2cc(Cl)c(N)c(N(C)c3ccc4[nH]c(=O)[nH]c4c3)c2)c(F)c1. The molecule has 37 heavy (non-hydrogen) atoms. The first kappa shape index (κ1) is 25.8. The Balaban J connectivity index is 1.52. The summed E-state index contributed by atoms with van der Waals surface area (Å²) in [5.74, 6) is 0.968. The van der Waals surface area contributed by atoms with Gasteiger partial charge in [0.05, 0.1) is 27.4 Å². The van der Waals surface area contributed by atoms with Gasteiger partial charge in [0, 0.05) is 23.9 Å². The van der Waals surface area contributed by atoms with Gasteiger partial charge in [0.25, 0.3) is 0 Å². The second kappa shape index (κ2) is 10.8. The number of rotatable bonds is 7. The van der Waals surface area contributed by atoms with Crippen LogP contribution >= 0.6 is 11.6 Å². The second-order valence-corrected chi connectivity index (χ2v) is 9.05. The van der Waals surface area contributed by atoms with Crippen molar-refractivity contribution in [2.75, 3.05) is 17.7 Å². The highest BCUT2D eigenvalue weighted by Crippen LogP contribution is 2.37. The lowest BCUT2D eigenvalue weighted by atomic mass is 10.0. The highest BCUT2D eigenvalue weighted by Gasteiger charge is 2.14. The Morgan fingerprint density at radius 3 is 2.54 bits per heavy atom. The fraction of sp³-hybridized carbons (Fsp3) is 0.138. The Morgan fingerprint density at radius 1 is 1.14 bits per heavy atom. The number of hydrogen-bond donors (Lipinski definition) is 3. The van der Waals surface area contributed by atoms with E-state index >= 15 is 0 Å². The summed E-state index contributed by atoms with van der Waals surface area (Å²) in [5.41, 5.74) is 11.4. The fourth-order valence-electron chi connectivity index (χ4n) is 4.03. The van der Waals surface area contributed by atoms with Crippen molar-refractivity contribution in [1.82, 2.24) is 9.97 Å². The number of aromatic amines is 2. The summed E-state index contributed by atoms with van der Waals surface area (Å²) in [4.78, 5) is 19.0. The third-order valence-electron chi connectivity index (χ3n) is 6.16. The number of hydrogen-bond acceptors (Lipinski definition) is 3. The van der Waals surface area contributed by atoms with Gasteiger partial charge in [-0.25, -0.2) is 13.6 Å². The number of anilines is 3. The van der Waals surface area contributed by atoms with Gasteiger partial charge in [0.2, 0.25) is 0 Å². The van der Waals surface area contributed by atoms with Crippen LogP contribution in [0.2, 0.25) is 5.02 Å². The number of fused-ring (bicyclic) bond motifs is 1. The number of nitrogens with zero attached hydrogens (tertiary/aromatic N) is 1. The van der Waals surface area contributed by atoms with E-state index < -0.39 is 11.6 Å². The number of nitrogens with two attached hydrogens (primary N) is 1. The molecular formula is C29H25ClF2N4O. The molecule has 0 amide bonds. The molecule has 1 heterocycles. The van der Waals surface area contributed by atoms with Crippen molar-refractivity contribution in [2.24, 2.45) is 0 Å². The van der Waals surface area contributed by atoms with E-state index in [1.807, 2.05) is 61.4 Å². The minimum Gasteiger partial charge on any atom is -0.396 e. The molecule has 0 saturated carbocycles. The normalized spacial score (nSPS) is 11.8. The molecule has 0 aliphatic rings. The number of imidazole rings is 1. The van der Waals surface area contributed by atoms with E-state index in [1.165, 1.54) is 12.1 Å². The number of halogens is 3. The van der Waals surface area contributed by atoms with E-state index in [2.05, 4.69) is 15.9 Å². The van der Waals surface area contributed by atoms with E-state index in [0.29, 0.717) is 33.9 Å². The summed E-state index contributed by atoms with van der Waals surface area (Å²) >= 11 is 6.46. The van der Waals surface area contributed by atoms with Crippen LogP contribution in [-0.4, -0.2) is 17.0 Å². The average molecular weight is 519 g/mol. The molecule has 0 spiro atoms. The molecule has 0 unspecified atom stereocenters. The number of allylic oxidation sites excluding steroid dienone is 4. The predicted molar refractivity (Wildman–Crippen MR) is 148 cm³/mol. The van der Waals surface area contributed by atoms with Crippen LogP contribution in [0.5, 0.6) is 0 Å². The van der Waals surface area contributed by atoms with Gasteiger partial charge in [-0.2, -0.15) is 0 Å².